The van der Waals surface area contributed by atoms with Gasteiger partial charge in [0.2, 0.25) is 0 Å². The van der Waals surface area contributed by atoms with Crippen molar-refractivity contribution in [3.63, 3.8) is 0 Å². The zero-order valence-corrected chi connectivity index (χ0v) is 13.5. The lowest BCUT2D eigenvalue weighted by atomic mass is 9.87. The maximum absolute atomic E-state index is 3.62. The molecule has 0 unspecified atom stereocenters. The second-order valence-corrected chi connectivity index (χ2v) is 6.64. The molecule has 0 spiro atoms. The molecule has 0 bridgehead atoms. The lowest BCUT2D eigenvalue weighted by Crippen LogP contribution is -2.29. The second kappa shape index (κ2) is 7.69. The molecule has 108 valence electrons. The summed E-state index contributed by atoms with van der Waals surface area (Å²) in [5, 5.41) is 3.62. The first kappa shape index (κ1) is 16.2. The first-order valence-corrected chi connectivity index (χ1v) is 7.71. The van der Waals surface area contributed by atoms with Crippen molar-refractivity contribution in [3.8, 4) is 0 Å². The number of benzene rings is 1. The van der Waals surface area contributed by atoms with Gasteiger partial charge in [-0.3, -0.25) is 0 Å². The minimum absolute atomic E-state index is 0.412. The van der Waals surface area contributed by atoms with E-state index in [1.807, 2.05) is 0 Å². The van der Waals surface area contributed by atoms with E-state index >= 15 is 0 Å². The van der Waals surface area contributed by atoms with Gasteiger partial charge in [-0.1, -0.05) is 58.2 Å². The predicted molar refractivity (Wildman–Crippen MR) is 85.5 cm³/mol. The van der Waals surface area contributed by atoms with Crippen LogP contribution in [0.2, 0.25) is 0 Å². The van der Waals surface area contributed by atoms with E-state index in [9.17, 15) is 0 Å². The van der Waals surface area contributed by atoms with Crippen LogP contribution in [0.1, 0.15) is 63.1 Å². The molecule has 0 aliphatic carbocycles. The number of unbranched alkanes of at least 4 members (excludes halogenated alkanes) is 2. The molecule has 0 aliphatic rings. The minimum Gasteiger partial charge on any atom is -0.312 e. The van der Waals surface area contributed by atoms with E-state index in [0.29, 0.717) is 5.41 Å². The van der Waals surface area contributed by atoms with E-state index in [-0.39, 0.29) is 0 Å². The molecular formula is C18H31N. The molecule has 0 fully saturated rings. The van der Waals surface area contributed by atoms with Crippen LogP contribution in [-0.2, 0) is 6.54 Å². The highest BCUT2D eigenvalue weighted by molar-refractivity contribution is 5.29. The number of hydrogen-bond donors (Lipinski definition) is 1. The number of rotatable bonds is 8. The highest BCUT2D eigenvalue weighted by atomic mass is 14.9. The molecule has 1 heteroatoms. The van der Waals surface area contributed by atoms with Crippen molar-refractivity contribution in [1.29, 1.82) is 0 Å². The van der Waals surface area contributed by atoms with Crippen molar-refractivity contribution < 1.29 is 0 Å². The molecule has 1 aromatic carbocycles. The Hall–Kier alpha value is -0.820. The lowest BCUT2D eigenvalue weighted by molar-refractivity contribution is 0.302. The van der Waals surface area contributed by atoms with Crippen molar-refractivity contribution >= 4 is 0 Å². The standard InChI is InChI=1S/C18H31N/c1-6-7-8-11-18(4,5)14-19-13-17-10-9-15(2)16(3)12-17/h9-10,12,19H,6-8,11,13-14H2,1-5H3. The Kier molecular flexibility index (Phi) is 6.57. The third-order valence-electron chi connectivity index (χ3n) is 3.96. The maximum atomic E-state index is 3.62. The highest BCUT2D eigenvalue weighted by Gasteiger charge is 2.16. The van der Waals surface area contributed by atoms with Gasteiger partial charge in [-0.15, -0.1) is 0 Å². The van der Waals surface area contributed by atoms with Gasteiger partial charge in [-0.25, -0.2) is 0 Å². The normalized spacial score (nSPS) is 11.8. The summed E-state index contributed by atoms with van der Waals surface area (Å²) in [5.41, 5.74) is 4.58. The van der Waals surface area contributed by atoms with Crippen molar-refractivity contribution in [1.82, 2.24) is 5.32 Å². The van der Waals surface area contributed by atoms with E-state index in [1.165, 1.54) is 42.4 Å². The van der Waals surface area contributed by atoms with Gasteiger partial charge in [0.05, 0.1) is 0 Å². The zero-order chi connectivity index (χ0) is 14.3. The van der Waals surface area contributed by atoms with E-state index in [2.05, 4.69) is 58.1 Å². The molecule has 0 heterocycles. The van der Waals surface area contributed by atoms with Crippen LogP contribution in [0.4, 0.5) is 0 Å². The fraction of sp³-hybridized carbons (Fsp3) is 0.667. The van der Waals surface area contributed by atoms with E-state index in [1.54, 1.807) is 0 Å². The molecule has 0 saturated carbocycles. The average molecular weight is 261 g/mol. The first-order valence-electron chi connectivity index (χ1n) is 7.71. The Balaban J connectivity index is 2.34. The largest absolute Gasteiger partial charge is 0.312 e. The first-order chi connectivity index (χ1) is 8.94. The molecule has 1 aromatic rings. The van der Waals surface area contributed by atoms with E-state index < -0.39 is 0 Å². The van der Waals surface area contributed by atoms with Gasteiger partial charge in [0.15, 0.2) is 0 Å². The van der Waals surface area contributed by atoms with Gasteiger partial charge < -0.3 is 5.32 Å². The summed E-state index contributed by atoms with van der Waals surface area (Å²) >= 11 is 0. The van der Waals surface area contributed by atoms with E-state index in [4.69, 9.17) is 0 Å². The molecule has 0 radical (unpaired) electrons. The Morgan fingerprint density at radius 2 is 1.79 bits per heavy atom. The SMILES string of the molecule is CCCCCC(C)(C)CNCc1ccc(C)c(C)c1. The van der Waals surface area contributed by atoms with Crippen molar-refractivity contribution in [2.24, 2.45) is 5.41 Å². The molecule has 1 rings (SSSR count). The molecule has 0 aliphatic heterocycles. The molecule has 0 aromatic heterocycles. The monoisotopic (exact) mass is 261 g/mol. The fourth-order valence-corrected chi connectivity index (χ4v) is 2.40. The summed E-state index contributed by atoms with van der Waals surface area (Å²) in [5.74, 6) is 0. The Morgan fingerprint density at radius 1 is 1.05 bits per heavy atom. The third-order valence-corrected chi connectivity index (χ3v) is 3.96. The second-order valence-electron chi connectivity index (χ2n) is 6.64. The summed E-state index contributed by atoms with van der Waals surface area (Å²) in [6.45, 7) is 13.5. The highest BCUT2D eigenvalue weighted by Crippen LogP contribution is 2.22. The van der Waals surface area contributed by atoms with Crippen LogP contribution < -0.4 is 5.32 Å². The molecule has 1 nitrogen and oxygen atoms in total. The minimum atomic E-state index is 0.412. The van der Waals surface area contributed by atoms with Crippen LogP contribution in [0.3, 0.4) is 0 Å². The Morgan fingerprint density at radius 3 is 2.42 bits per heavy atom. The van der Waals surface area contributed by atoms with Gasteiger partial charge in [-0.2, -0.15) is 0 Å². The van der Waals surface area contributed by atoms with Gasteiger partial charge in [0.1, 0.15) is 0 Å². The Labute approximate surface area is 119 Å². The molecular weight excluding hydrogens is 230 g/mol. The van der Waals surface area contributed by atoms with Crippen LogP contribution in [0.25, 0.3) is 0 Å². The topological polar surface area (TPSA) is 12.0 Å². The summed E-state index contributed by atoms with van der Waals surface area (Å²) in [6, 6.07) is 6.75. The van der Waals surface area contributed by atoms with Crippen molar-refractivity contribution in [2.75, 3.05) is 6.54 Å². The van der Waals surface area contributed by atoms with Crippen molar-refractivity contribution in [3.05, 3.63) is 34.9 Å². The predicted octanol–water partition coefficient (Wildman–Crippen LogP) is 5.00. The maximum Gasteiger partial charge on any atom is 0.0205 e. The summed E-state index contributed by atoms with van der Waals surface area (Å²) in [6.07, 6.45) is 5.35. The molecule has 1 N–H and O–H groups in total. The van der Waals surface area contributed by atoms with Crippen LogP contribution in [-0.4, -0.2) is 6.54 Å². The number of nitrogens with one attached hydrogen (secondary N) is 1. The average Bonchev–Trinajstić information content (AvgIpc) is 2.34. The van der Waals surface area contributed by atoms with Crippen LogP contribution in [0.5, 0.6) is 0 Å². The lowest BCUT2D eigenvalue weighted by Gasteiger charge is -2.25. The molecule has 0 amide bonds. The Bertz CT molecular complexity index is 379. The van der Waals surface area contributed by atoms with E-state index in [0.717, 1.165) is 13.1 Å². The fourth-order valence-electron chi connectivity index (χ4n) is 2.40. The van der Waals surface area contributed by atoms with Crippen molar-refractivity contribution in [2.45, 2.75) is 66.8 Å². The number of hydrogen-bond acceptors (Lipinski definition) is 1. The van der Waals surface area contributed by atoms with Gasteiger partial charge in [0, 0.05) is 13.1 Å². The van der Waals surface area contributed by atoms with Gasteiger partial charge >= 0.3 is 0 Å². The number of aryl methyl sites for hydroxylation is 2. The summed E-state index contributed by atoms with van der Waals surface area (Å²) in [4.78, 5) is 0. The smallest absolute Gasteiger partial charge is 0.0205 e. The van der Waals surface area contributed by atoms with Crippen LogP contribution in [0.15, 0.2) is 18.2 Å². The third kappa shape index (κ3) is 6.24. The zero-order valence-electron chi connectivity index (χ0n) is 13.5. The van der Waals surface area contributed by atoms with Crippen LogP contribution in [0, 0.1) is 19.3 Å². The molecule has 0 saturated heterocycles. The molecule has 0 atom stereocenters. The van der Waals surface area contributed by atoms with Gasteiger partial charge in [-0.05, 0) is 42.4 Å². The summed E-state index contributed by atoms with van der Waals surface area (Å²) < 4.78 is 0. The van der Waals surface area contributed by atoms with Gasteiger partial charge in [0.25, 0.3) is 0 Å². The summed E-state index contributed by atoms with van der Waals surface area (Å²) in [7, 11) is 0. The van der Waals surface area contributed by atoms with Crippen LogP contribution >= 0.6 is 0 Å². The quantitative estimate of drug-likeness (QED) is 0.649. The molecule has 19 heavy (non-hydrogen) atoms.